The van der Waals surface area contributed by atoms with E-state index in [0.717, 1.165) is 32.1 Å². The van der Waals surface area contributed by atoms with Gasteiger partial charge in [0, 0.05) is 12.0 Å². The molecule has 2 heterocycles. The van der Waals surface area contributed by atoms with E-state index in [4.69, 9.17) is 10.5 Å². The summed E-state index contributed by atoms with van der Waals surface area (Å²) in [6.45, 7) is 0. The van der Waals surface area contributed by atoms with Crippen molar-refractivity contribution in [2.24, 2.45) is 17.6 Å². The lowest BCUT2D eigenvalue weighted by Gasteiger charge is -2.43. The molecule has 0 aromatic carbocycles. The first-order valence-corrected chi connectivity index (χ1v) is 5.14. The second-order valence-corrected chi connectivity index (χ2v) is 5.07. The summed E-state index contributed by atoms with van der Waals surface area (Å²) in [6, 6.07) is 0. The second kappa shape index (κ2) is 2.27. The molecule has 3 heteroatoms. The Labute approximate surface area is 77.6 Å². The van der Waals surface area contributed by atoms with Crippen molar-refractivity contribution in [3.63, 3.8) is 0 Å². The van der Waals surface area contributed by atoms with Gasteiger partial charge < -0.3 is 10.5 Å². The van der Waals surface area contributed by atoms with Crippen LogP contribution in [0.15, 0.2) is 0 Å². The number of hydrogen-bond donors (Lipinski definition) is 1. The Bertz CT molecular complexity index is 266. The van der Waals surface area contributed by atoms with Crippen LogP contribution in [-0.4, -0.2) is 17.6 Å². The summed E-state index contributed by atoms with van der Waals surface area (Å²) < 4.78 is 5.38. The third-order valence-corrected chi connectivity index (χ3v) is 3.81. The molecule has 2 aliphatic carbocycles. The topological polar surface area (TPSA) is 52.3 Å². The van der Waals surface area contributed by atoms with E-state index < -0.39 is 0 Å². The van der Waals surface area contributed by atoms with Gasteiger partial charge in [0.1, 0.15) is 6.10 Å². The summed E-state index contributed by atoms with van der Waals surface area (Å²) in [7, 11) is 0. The van der Waals surface area contributed by atoms with Crippen LogP contribution in [0.1, 0.15) is 32.1 Å². The van der Waals surface area contributed by atoms with Crippen LogP contribution in [0.5, 0.6) is 0 Å². The number of hydrogen-bond acceptors (Lipinski definition) is 3. The number of carbonyl (C=O) groups is 1. The Balaban J connectivity index is 2.00. The van der Waals surface area contributed by atoms with Gasteiger partial charge in [0.25, 0.3) is 0 Å². The van der Waals surface area contributed by atoms with E-state index in [1.54, 1.807) is 0 Å². The molecule has 0 aromatic heterocycles. The van der Waals surface area contributed by atoms with Crippen LogP contribution in [0, 0.1) is 11.8 Å². The molecule has 2 aliphatic heterocycles. The van der Waals surface area contributed by atoms with Gasteiger partial charge >= 0.3 is 5.97 Å². The van der Waals surface area contributed by atoms with E-state index >= 15 is 0 Å². The second-order valence-electron chi connectivity index (χ2n) is 5.07. The largest absolute Gasteiger partial charge is 0.462 e. The van der Waals surface area contributed by atoms with Crippen LogP contribution in [-0.2, 0) is 9.53 Å². The predicted molar refractivity (Wildman–Crippen MR) is 46.9 cm³/mol. The Kier molecular flexibility index (Phi) is 1.36. The van der Waals surface area contributed by atoms with Gasteiger partial charge in [0.05, 0.1) is 5.92 Å². The van der Waals surface area contributed by atoms with Crippen LogP contribution in [0.4, 0.5) is 0 Å². The zero-order valence-corrected chi connectivity index (χ0v) is 7.66. The maximum atomic E-state index is 11.5. The molecule has 3 nitrogen and oxygen atoms in total. The Morgan fingerprint density at radius 3 is 2.92 bits per heavy atom. The summed E-state index contributed by atoms with van der Waals surface area (Å²) in [6.07, 6.45) is 5.07. The van der Waals surface area contributed by atoms with E-state index in [9.17, 15) is 4.79 Å². The summed E-state index contributed by atoms with van der Waals surface area (Å²) in [5.41, 5.74) is 6.17. The van der Waals surface area contributed by atoms with E-state index in [1.165, 1.54) is 0 Å². The standard InChI is InChI=1S/C10H15NO2/c11-10-3-6-1-7(4-10)9(12)13-8(2-6)5-10/h6-8H,1-5,11H2/t6-,7-,8+,10-/m0/s1. The van der Waals surface area contributed by atoms with Crippen molar-refractivity contribution in [1.82, 2.24) is 0 Å². The lowest BCUT2D eigenvalue weighted by molar-refractivity contribution is -0.151. The summed E-state index contributed by atoms with van der Waals surface area (Å²) in [5, 5.41) is 0. The predicted octanol–water partition coefficient (Wildman–Crippen LogP) is 0.819. The average Bonchev–Trinajstić information content (AvgIpc) is 2.12. The zero-order chi connectivity index (χ0) is 9.05. The highest BCUT2D eigenvalue weighted by atomic mass is 16.5. The zero-order valence-electron chi connectivity index (χ0n) is 7.66. The maximum absolute atomic E-state index is 11.5. The van der Waals surface area contributed by atoms with Gasteiger partial charge in [-0.3, -0.25) is 4.79 Å². The van der Waals surface area contributed by atoms with Gasteiger partial charge in [-0.2, -0.15) is 0 Å². The van der Waals surface area contributed by atoms with Gasteiger partial charge in [-0.1, -0.05) is 0 Å². The van der Waals surface area contributed by atoms with Crippen molar-refractivity contribution in [2.75, 3.05) is 0 Å². The fourth-order valence-electron chi connectivity index (χ4n) is 3.50. The lowest BCUT2D eigenvalue weighted by Crippen LogP contribution is -2.51. The number of esters is 1. The molecular weight excluding hydrogens is 166 g/mol. The van der Waals surface area contributed by atoms with Gasteiger partial charge in [-0.15, -0.1) is 0 Å². The third kappa shape index (κ3) is 1.10. The van der Waals surface area contributed by atoms with Gasteiger partial charge in [-0.05, 0) is 31.6 Å². The molecule has 72 valence electrons. The molecule has 2 saturated heterocycles. The molecule has 4 aliphatic rings. The Morgan fingerprint density at radius 1 is 1.31 bits per heavy atom. The minimum atomic E-state index is -0.0807. The highest BCUT2D eigenvalue weighted by Crippen LogP contribution is 2.48. The molecule has 0 radical (unpaired) electrons. The minimum Gasteiger partial charge on any atom is -0.462 e. The number of nitrogens with two attached hydrogens (primary N) is 1. The molecule has 2 saturated carbocycles. The number of ether oxygens (including phenoxy) is 1. The first-order valence-electron chi connectivity index (χ1n) is 5.14. The first-order chi connectivity index (χ1) is 6.15. The highest BCUT2D eigenvalue weighted by molar-refractivity contribution is 5.73. The Hall–Kier alpha value is -0.570. The fourth-order valence-corrected chi connectivity index (χ4v) is 3.50. The molecule has 4 atom stereocenters. The van der Waals surface area contributed by atoms with E-state index in [2.05, 4.69) is 0 Å². The van der Waals surface area contributed by atoms with Gasteiger partial charge in [-0.25, -0.2) is 0 Å². The number of rotatable bonds is 0. The van der Waals surface area contributed by atoms with Crippen LogP contribution in [0.25, 0.3) is 0 Å². The minimum absolute atomic E-state index is 0.0134. The molecule has 4 bridgehead atoms. The smallest absolute Gasteiger partial charge is 0.309 e. The summed E-state index contributed by atoms with van der Waals surface area (Å²) >= 11 is 0. The quantitative estimate of drug-likeness (QED) is 0.563. The SMILES string of the molecule is N[C@]12C[C@@H]3C[C@H](C1)OC(=O)[C@@H](C3)C2. The van der Waals surface area contributed by atoms with Crippen molar-refractivity contribution in [3.8, 4) is 0 Å². The first kappa shape index (κ1) is 7.80. The maximum Gasteiger partial charge on any atom is 0.309 e. The summed E-state index contributed by atoms with van der Waals surface area (Å²) in [4.78, 5) is 11.5. The van der Waals surface area contributed by atoms with Crippen molar-refractivity contribution < 1.29 is 9.53 Å². The molecule has 0 aromatic rings. The van der Waals surface area contributed by atoms with Crippen molar-refractivity contribution in [2.45, 2.75) is 43.7 Å². The van der Waals surface area contributed by atoms with Crippen molar-refractivity contribution in [3.05, 3.63) is 0 Å². The van der Waals surface area contributed by atoms with E-state index in [-0.39, 0.29) is 23.5 Å². The average molecular weight is 181 g/mol. The molecule has 4 fully saturated rings. The fraction of sp³-hybridized carbons (Fsp3) is 0.900. The normalized spacial score (nSPS) is 53.3. The molecule has 4 rings (SSSR count). The third-order valence-electron chi connectivity index (χ3n) is 3.81. The van der Waals surface area contributed by atoms with Crippen molar-refractivity contribution in [1.29, 1.82) is 0 Å². The van der Waals surface area contributed by atoms with E-state index in [1.807, 2.05) is 0 Å². The summed E-state index contributed by atoms with van der Waals surface area (Å²) in [5.74, 6) is 0.768. The van der Waals surface area contributed by atoms with Crippen LogP contribution in [0.2, 0.25) is 0 Å². The molecule has 13 heavy (non-hydrogen) atoms. The lowest BCUT2D eigenvalue weighted by atomic mass is 9.64. The van der Waals surface area contributed by atoms with Crippen molar-refractivity contribution >= 4 is 5.97 Å². The number of carbonyl (C=O) groups excluding carboxylic acids is 1. The van der Waals surface area contributed by atoms with E-state index in [0.29, 0.717) is 5.92 Å². The number of fused-ring (bicyclic) bond motifs is 1. The molecule has 2 N–H and O–H groups in total. The molecule has 0 amide bonds. The molecular formula is C10H15NO2. The van der Waals surface area contributed by atoms with Gasteiger partial charge in [0.15, 0.2) is 0 Å². The van der Waals surface area contributed by atoms with Crippen LogP contribution >= 0.6 is 0 Å². The molecule has 0 unspecified atom stereocenters. The van der Waals surface area contributed by atoms with Crippen LogP contribution < -0.4 is 5.73 Å². The highest BCUT2D eigenvalue weighted by Gasteiger charge is 2.50. The Morgan fingerprint density at radius 2 is 2.15 bits per heavy atom. The van der Waals surface area contributed by atoms with Gasteiger partial charge in [0.2, 0.25) is 0 Å². The van der Waals surface area contributed by atoms with Crippen LogP contribution in [0.3, 0.4) is 0 Å². The molecule has 0 spiro atoms. The monoisotopic (exact) mass is 181 g/mol.